The zero-order valence-electron chi connectivity index (χ0n) is 17.6. The standard InChI is InChI=1S/C23H28N2O4S/c1-23(2)22(26)25(13-17-9-5-4-6-10-17)19-15-24(16-21(19)30(23,27)28)14-18-11-7-8-12-20(18)29-3/h4-12,19,21H,13-16H2,1-3H3/t19-,21-/m0/s1. The molecule has 0 saturated carbocycles. The third kappa shape index (κ3) is 3.45. The number of benzene rings is 2. The number of rotatable bonds is 5. The molecule has 6 nitrogen and oxygen atoms in total. The lowest BCUT2D eigenvalue weighted by atomic mass is 10.1. The Bertz CT molecular complexity index is 978. The quantitative estimate of drug-likeness (QED) is 0.685. The lowest BCUT2D eigenvalue weighted by Gasteiger charge is -2.47. The minimum Gasteiger partial charge on any atom is -0.614 e. The molecule has 1 amide bonds. The lowest BCUT2D eigenvalue weighted by Crippen LogP contribution is -2.67. The number of amides is 1. The van der Waals surface area contributed by atoms with Crippen LogP contribution in [0.25, 0.3) is 0 Å². The predicted octanol–water partition coefficient (Wildman–Crippen LogP) is 2.70. The molecule has 2 aromatic rings. The second-order valence-electron chi connectivity index (χ2n) is 8.59. The van der Waals surface area contributed by atoms with Crippen molar-refractivity contribution in [3.05, 3.63) is 65.7 Å². The number of carbonyl (C=O) groups excluding carboxylic acids is 1. The average Bonchev–Trinajstić information content (AvgIpc) is 3.16. The van der Waals surface area contributed by atoms with Crippen LogP contribution in [0.1, 0.15) is 25.0 Å². The van der Waals surface area contributed by atoms with Crippen molar-refractivity contribution in [2.45, 2.75) is 43.0 Å². The Morgan fingerprint density at radius 1 is 1.07 bits per heavy atom. The van der Waals surface area contributed by atoms with Crippen molar-refractivity contribution in [2.75, 3.05) is 20.2 Å². The maximum Gasteiger partial charge on any atom is 0.278 e. The first-order valence-corrected chi connectivity index (χ1v) is 11.7. The van der Waals surface area contributed by atoms with Crippen LogP contribution in [0, 0.1) is 0 Å². The van der Waals surface area contributed by atoms with Crippen LogP contribution in [0.4, 0.5) is 0 Å². The Labute approximate surface area is 179 Å². The summed E-state index contributed by atoms with van der Waals surface area (Å²) in [6.07, 6.45) is 0. The SMILES string of the molecule is COc1ccccc1CN1C[C@H]2[C@H](C1)[S+](=O)([O-])C(C)(C)C(=O)N2Cc1ccccc1. The highest BCUT2D eigenvalue weighted by atomic mass is 32.3. The van der Waals surface area contributed by atoms with Gasteiger partial charge in [0.1, 0.15) is 5.75 Å². The van der Waals surface area contributed by atoms with Crippen LogP contribution in [0.5, 0.6) is 5.75 Å². The minimum atomic E-state index is -3.62. The Kier molecular flexibility index (Phi) is 5.46. The summed E-state index contributed by atoms with van der Waals surface area (Å²) in [5.74, 6) is 0.472. The van der Waals surface area contributed by atoms with Gasteiger partial charge in [-0.25, -0.2) is 0 Å². The van der Waals surface area contributed by atoms with Crippen molar-refractivity contribution in [1.82, 2.24) is 9.80 Å². The van der Waals surface area contributed by atoms with Gasteiger partial charge in [0.2, 0.25) is 4.75 Å². The summed E-state index contributed by atoms with van der Waals surface area (Å²) < 4.78 is 30.7. The number of likely N-dealkylation sites (tertiary alicyclic amines) is 1. The van der Waals surface area contributed by atoms with Gasteiger partial charge in [0.15, 0.2) is 5.25 Å². The number of fused-ring (bicyclic) bond motifs is 1. The zero-order valence-corrected chi connectivity index (χ0v) is 18.4. The molecule has 2 heterocycles. The number of sulfone groups is 1. The molecular formula is C23H28N2O4S. The molecule has 0 bridgehead atoms. The third-order valence-corrected chi connectivity index (χ3v) is 9.24. The highest BCUT2D eigenvalue weighted by Crippen LogP contribution is 2.42. The van der Waals surface area contributed by atoms with Crippen molar-refractivity contribution >= 4 is 16.1 Å². The number of hydrogen-bond donors (Lipinski definition) is 0. The zero-order chi connectivity index (χ0) is 21.5. The first-order valence-electron chi connectivity index (χ1n) is 10.2. The molecule has 2 aliphatic heterocycles. The molecule has 0 N–H and O–H groups in total. The molecule has 0 aromatic heterocycles. The minimum absolute atomic E-state index is 0.313. The van der Waals surface area contributed by atoms with E-state index in [0.29, 0.717) is 26.2 Å². The van der Waals surface area contributed by atoms with E-state index in [1.165, 1.54) is 0 Å². The molecule has 2 saturated heterocycles. The molecule has 2 aromatic carbocycles. The summed E-state index contributed by atoms with van der Waals surface area (Å²) in [6, 6.07) is 17.2. The van der Waals surface area contributed by atoms with Gasteiger partial charge in [-0.15, -0.1) is 4.21 Å². The maximum absolute atomic E-state index is 13.3. The van der Waals surface area contributed by atoms with Gasteiger partial charge >= 0.3 is 0 Å². The molecule has 4 rings (SSSR count). The van der Waals surface area contributed by atoms with Gasteiger partial charge in [0.05, 0.1) is 23.4 Å². The van der Waals surface area contributed by atoms with Gasteiger partial charge in [0.25, 0.3) is 5.91 Å². The highest BCUT2D eigenvalue weighted by molar-refractivity contribution is 8.00. The molecular weight excluding hydrogens is 400 g/mol. The second-order valence-corrected chi connectivity index (χ2v) is 11.3. The number of para-hydroxylation sites is 1. The van der Waals surface area contributed by atoms with Crippen LogP contribution in [-0.2, 0) is 32.3 Å². The fourth-order valence-electron chi connectivity index (χ4n) is 4.61. The Balaban J connectivity index is 1.64. The number of methoxy groups -OCH3 is 1. The van der Waals surface area contributed by atoms with Crippen molar-refractivity contribution in [1.29, 1.82) is 0 Å². The van der Waals surface area contributed by atoms with Crippen molar-refractivity contribution in [3.8, 4) is 5.75 Å². The van der Waals surface area contributed by atoms with E-state index in [-0.39, 0.29) is 11.9 Å². The summed E-state index contributed by atoms with van der Waals surface area (Å²) in [4.78, 5) is 17.2. The highest BCUT2D eigenvalue weighted by Gasteiger charge is 2.63. The van der Waals surface area contributed by atoms with E-state index in [0.717, 1.165) is 16.9 Å². The van der Waals surface area contributed by atoms with E-state index in [4.69, 9.17) is 4.74 Å². The van der Waals surface area contributed by atoms with Crippen molar-refractivity contribution in [3.63, 3.8) is 0 Å². The van der Waals surface area contributed by atoms with Crippen molar-refractivity contribution in [2.24, 2.45) is 0 Å². The summed E-state index contributed by atoms with van der Waals surface area (Å²) in [6.45, 7) is 5.02. The molecule has 3 atom stereocenters. The Morgan fingerprint density at radius 3 is 2.43 bits per heavy atom. The van der Waals surface area contributed by atoms with E-state index >= 15 is 0 Å². The first kappa shape index (κ1) is 21.0. The van der Waals surface area contributed by atoms with E-state index in [9.17, 15) is 13.6 Å². The van der Waals surface area contributed by atoms with E-state index in [1.807, 2.05) is 54.6 Å². The monoisotopic (exact) mass is 428 g/mol. The van der Waals surface area contributed by atoms with Gasteiger partial charge in [-0.2, -0.15) is 0 Å². The smallest absolute Gasteiger partial charge is 0.278 e. The largest absolute Gasteiger partial charge is 0.614 e. The van der Waals surface area contributed by atoms with Gasteiger partial charge in [0, 0.05) is 31.7 Å². The van der Waals surface area contributed by atoms with Crippen LogP contribution < -0.4 is 4.74 Å². The molecule has 2 fully saturated rings. The summed E-state index contributed by atoms with van der Waals surface area (Å²) >= 11 is 0. The lowest BCUT2D eigenvalue weighted by molar-refractivity contribution is -0.137. The number of carbonyl (C=O) groups is 1. The van der Waals surface area contributed by atoms with Gasteiger partial charge in [-0.1, -0.05) is 48.5 Å². The van der Waals surface area contributed by atoms with Gasteiger partial charge < -0.3 is 14.2 Å². The average molecular weight is 429 g/mol. The Morgan fingerprint density at radius 2 is 1.73 bits per heavy atom. The predicted molar refractivity (Wildman–Crippen MR) is 116 cm³/mol. The second kappa shape index (κ2) is 7.80. The number of nitrogens with zero attached hydrogens (tertiary/aromatic N) is 2. The van der Waals surface area contributed by atoms with Crippen LogP contribution in [0.2, 0.25) is 0 Å². The summed E-state index contributed by atoms with van der Waals surface area (Å²) in [5.41, 5.74) is 2.01. The molecule has 0 radical (unpaired) electrons. The Hall–Kier alpha value is -2.22. The van der Waals surface area contributed by atoms with Gasteiger partial charge in [-0.3, -0.25) is 9.69 Å². The molecule has 7 heteroatoms. The topological polar surface area (TPSA) is 72.9 Å². The fraction of sp³-hybridized carbons (Fsp3) is 0.435. The summed E-state index contributed by atoms with van der Waals surface area (Å²) in [5, 5.41) is -0.594. The molecule has 1 unspecified atom stereocenters. The van der Waals surface area contributed by atoms with Crippen LogP contribution >= 0.6 is 0 Å². The molecule has 0 spiro atoms. The van der Waals surface area contributed by atoms with E-state index in [2.05, 4.69) is 4.90 Å². The summed E-state index contributed by atoms with van der Waals surface area (Å²) in [7, 11) is -1.98. The number of hydrogen-bond acceptors (Lipinski definition) is 5. The normalized spacial score (nSPS) is 28.4. The molecule has 160 valence electrons. The number of ether oxygens (including phenoxy) is 1. The van der Waals surface area contributed by atoms with Crippen LogP contribution in [0.15, 0.2) is 54.6 Å². The maximum atomic E-state index is 13.3. The van der Waals surface area contributed by atoms with Crippen LogP contribution in [-0.4, -0.2) is 56.5 Å². The van der Waals surface area contributed by atoms with Gasteiger partial charge in [-0.05, 0) is 25.5 Å². The van der Waals surface area contributed by atoms with Crippen molar-refractivity contribution < 1.29 is 18.3 Å². The molecule has 30 heavy (non-hydrogen) atoms. The third-order valence-electron chi connectivity index (χ3n) is 6.38. The first-order chi connectivity index (χ1) is 14.3. The molecule has 0 aliphatic carbocycles. The van der Waals surface area contributed by atoms with Crippen LogP contribution in [0.3, 0.4) is 0 Å². The van der Waals surface area contributed by atoms with E-state index < -0.39 is 20.2 Å². The fourth-order valence-corrected chi connectivity index (χ4v) is 6.78. The molecule has 2 aliphatic rings. The van der Waals surface area contributed by atoms with E-state index in [1.54, 1.807) is 25.9 Å².